The highest BCUT2D eigenvalue weighted by Crippen LogP contribution is 2.13. The molecule has 0 aliphatic carbocycles. The maximum Gasteiger partial charge on any atom is 0.256 e. The molecule has 5 heteroatoms. The van der Waals surface area contributed by atoms with Crippen molar-refractivity contribution in [2.75, 3.05) is 0 Å². The van der Waals surface area contributed by atoms with Gasteiger partial charge in [0, 0.05) is 12.7 Å². The summed E-state index contributed by atoms with van der Waals surface area (Å²) in [5, 5.41) is 6.64. The van der Waals surface area contributed by atoms with Crippen molar-refractivity contribution < 1.29 is 9.18 Å². The molecule has 0 unspecified atom stereocenters. The second-order valence-corrected chi connectivity index (χ2v) is 4.35. The second kappa shape index (κ2) is 5.05. The van der Waals surface area contributed by atoms with Crippen LogP contribution in [0.25, 0.3) is 0 Å². The minimum Gasteiger partial charge on any atom is -0.348 e. The quantitative estimate of drug-likeness (QED) is 0.850. The highest BCUT2D eigenvalue weighted by atomic mass is 32.1. The first-order valence-electron chi connectivity index (χ1n) is 5.09. The third-order valence-corrected chi connectivity index (χ3v) is 3.31. The summed E-state index contributed by atoms with van der Waals surface area (Å²) in [7, 11) is 0. The predicted molar refractivity (Wildman–Crippen MR) is 64.4 cm³/mol. The molecule has 2 aromatic heterocycles. The van der Waals surface area contributed by atoms with E-state index < -0.39 is 11.9 Å². The number of halogens is 1. The minimum atomic E-state index is -0.743. The molecule has 0 aliphatic heterocycles. The SMILES string of the molecule is Cc1cscc1CNC(=O)c1cccnc1F. The van der Waals surface area contributed by atoms with E-state index in [0.29, 0.717) is 6.54 Å². The number of carbonyl (C=O) groups excluding carboxylic acids is 1. The molecule has 17 heavy (non-hydrogen) atoms. The van der Waals surface area contributed by atoms with E-state index in [-0.39, 0.29) is 5.56 Å². The van der Waals surface area contributed by atoms with E-state index in [1.54, 1.807) is 11.3 Å². The van der Waals surface area contributed by atoms with Crippen LogP contribution in [0.2, 0.25) is 0 Å². The van der Waals surface area contributed by atoms with Crippen LogP contribution >= 0.6 is 11.3 Å². The van der Waals surface area contributed by atoms with Crippen molar-refractivity contribution in [3.8, 4) is 0 Å². The Bertz CT molecular complexity index is 539. The zero-order chi connectivity index (χ0) is 12.3. The lowest BCUT2D eigenvalue weighted by Gasteiger charge is -2.05. The van der Waals surface area contributed by atoms with Gasteiger partial charge < -0.3 is 5.32 Å². The van der Waals surface area contributed by atoms with Gasteiger partial charge in [-0.3, -0.25) is 4.79 Å². The number of nitrogens with zero attached hydrogens (tertiary/aromatic N) is 1. The zero-order valence-corrected chi connectivity index (χ0v) is 10.1. The van der Waals surface area contributed by atoms with E-state index >= 15 is 0 Å². The molecule has 2 heterocycles. The molecule has 3 nitrogen and oxygen atoms in total. The fourth-order valence-corrected chi connectivity index (χ4v) is 2.25. The molecule has 2 aromatic rings. The van der Waals surface area contributed by atoms with Crippen LogP contribution in [0.1, 0.15) is 21.5 Å². The van der Waals surface area contributed by atoms with E-state index in [0.717, 1.165) is 11.1 Å². The Morgan fingerprint density at radius 3 is 3.00 bits per heavy atom. The maximum absolute atomic E-state index is 13.2. The van der Waals surface area contributed by atoms with Crippen molar-refractivity contribution in [3.63, 3.8) is 0 Å². The van der Waals surface area contributed by atoms with E-state index in [2.05, 4.69) is 10.3 Å². The van der Waals surface area contributed by atoms with Crippen molar-refractivity contribution in [1.29, 1.82) is 0 Å². The Morgan fingerprint density at radius 1 is 1.53 bits per heavy atom. The molecule has 88 valence electrons. The van der Waals surface area contributed by atoms with Crippen LogP contribution in [0.5, 0.6) is 0 Å². The van der Waals surface area contributed by atoms with Crippen LogP contribution in [0.15, 0.2) is 29.1 Å². The molecule has 0 spiro atoms. The molecule has 0 fully saturated rings. The predicted octanol–water partition coefficient (Wildman–Crippen LogP) is 2.52. The molecule has 2 rings (SSSR count). The van der Waals surface area contributed by atoms with Gasteiger partial charge in [0.1, 0.15) is 0 Å². The molecule has 0 bridgehead atoms. The minimum absolute atomic E-state index is 0.0274. The average Bonchev–Trinajstić information content (AvgIpc) is 2.72. The Hall–Kier alpha value is -1.75. The smallest absolute Gasteiger partial charge is 0.256 e. The van der Waals surface area contributed by atoms with Crippen LogP contribution in [-0.4, -0.2) is 10.9 Å². The first-order valence-corrected chi connectivity index (χ1v) is 6.03. The Kier molecular flexibility index (Phi) is 3.49. The Balaban J connectivity index is 2.04. The Morgan fingerprint density at radius 2 is 2.35 bits per heavy atom. The lowest BCUT2D eigenvalue weighted by Crippen LogP contribution is -2.24. The molecular weight excluding hydrogens is 239 g/mol. The number of thiophene rings is 1. The molecule has 0 aliphatic rings. The van der Waals surface area contributed by atoms with Gasteiger partial charge in [0.15, 0.2) is 0 Å². The van der Waals surface area contributed by atoms with Crippen LogP contribution in [-0.2, 0) is 6.54 Å². The number of pyridine rings is 1. The number of hydrogen-bond donors (Lipinski definition) is 1. The van der Waals surface area contributed by atoms with Gasteiger partial charge in [-0.15, -0.1) is 0 Å². The lowest BCUT2D eigenvalue weighted by molar-refractivity contribution is 0.0946. The summed E-state index contributed by atoms with van der Waals surface area (Å²) in [6, 6.07) is 2.95. The third kappa shape index (κ3) is 2.68. The number of rotatable bonds is 3. The third-order valence-electron chi connectivity index (χ3n) is 2.40. The molecular formula is C12H11FN2OS. The summed E-state index contributed by atoms with van der Waals surface area (Å²) in [5.74, 6) is -1.19. The first kappa shape index (κ1) is 11.7. The van der Waals surface area contributed by atoms with Crippen molar-refractivity contribution in [2.45, 2.75) is 13.5 Å². The molecule has 0 aromatic carbocycles. The van der Waals surface area contributed by atoms with Crippen LogP contribution in [0.3, 0.4) is 0 Å². The zero-order valence-electron chi connectivity index (χ0n) is 9.24. The van der Waals surface area contributed by atoms with Crippen LogP contribution < -0.4 is 5.32 Å². The average molecular weight is 250 g/mol. The lowest BCUT2D eigenvalue weighted by atomic mass is 10.2. The maximum atomic E-state index is 13.2. The van der Waals surface area contributed by atoms with Gasteiger partial charge in [-0.1, -0.05) is 0 Å². The number of amides is 1. The summed E-state index contributed by atoms with van der Waals surface area (Å²) >= 11 is 1.58. The van der Waals surface area contributed by atoms with Crippen LogP contribution in [0, 0.1) is 12.9 Å². The molecule has 0 atom stereocenters. The molecule has 0 radical (unpaired) electrons. The number of nitrogens with one attached hydrogen (secondary N) is 1. The molecule has 1 amide bonds. The summed E-state index contributed by atoms with van der Waals surface area (Å²) in [6.45, 7) is 2.38. The van der Waals surface area contributed by atoms with Crippen molar-refractivity contribution >= 4 is 17.2 Å². The Labute approximate surface area is 102 Å². The number of aromatic nitrogens is 1. The standard InChI is InChI=1S/C12H11FN2OS/c1-8-6-17-7-9(8)5-15-12(16)10-3-2-4-14-11(10)13/h2-4,6-7H,5H2,1H3,(H,15,16). The normalized spacial score (nSPS) is 10.2. The number of hydrogen-bond acceptors (Lipinski definition) is 3. The molecule has 0 saturated heterocycles. The topological polar surface area (TPSA) is 42.0 Å². The highest BCUT2D eigenvalue weighted by molar-refractivity contribution is 7.08. The van der Waals surface area contributed by atoms with E-state index in [4.69, 9.17) is 0 Å². The van der Waals surface area contributed by atoms with Gasteiger partial charge in [-0.05, 0) is 40.9 Å². The summed E-state index contributed by atoms with van der Waals surface area (Å²) in [4.78, 5) is 15.1. The van der Waals surface area contributed by atoms with Gasteiger partial charge in [0.25, 0.3) is 5.91 Å². The van der Waals surface area contributed by atoms with Gasteiger partial charge in [-0.25, -0.2) is 4.98 Å². The van der Waals surface area contributed by atoms with E-state index in [9.17, 15) is 9.18 Å². The van der Waals surface area contributed by atoms with Gasteiger partial charge in [0.2, 0.25) is 5.95 Å². The van der Waals surface area contributed by atoms with Gasteiger partial charge in [0.05, 0.1) is 5.56 Å². The van der Waals surface area contributed by atoms with Crippen molar-refractivity contribution in [3.05, 3.63) is 51.7 Å². The fraction of sp³-hybridized carbons (Fsp3) is 0.167. The monoisotopic (exact) mass is 250 g/mol. The molecule has 1 N–H and O–H groups in total. The fourth-order valence-electron chi connectivity index (χ4n) is 1.39. The van der Waals surface area contributed by atoms with E-state index in [1.165, 1.54) is 18.3 Å². The van der Waals surface area contributed by atoms with Gasteiger partial charge in [-0.2, -0.15) is 15.7 Å². The summed E-state index contributed by atoms with van der Waals surface area (Å²) < 4.78 is 13.2. The molecule has 0 saturated carbocycles. The first-order chi connectivity index (χ1) is 8.18. The largest absolute Gasteiger partial charge is 0.348 e. The summed E-state index contributed by atoms with van der Waals surface area (Å²) in [6.07, 6.45) is 1.31. The van der Waals surface area contributed by atoms with E-state index in [1.807, 2.05) is 17.7 Å². The van der Waals surface area contributed by atoms with Crippen LogP contribution in [0.4, 0.5) is 4.39 Å². The van der Waals surface area contributed by atoms with Crippen molar-refractivity contribution in [2.24, 2.45) is 0 Å². The summed E-state index contributed by atoms with van der Waals surface area (Å²) in [5.41, 5.74) is 2.15. The number of carbonyl (C=O) groups is 1. The second-order valence-electron chi connectivity index (χ2n) is 3.60. The number of aryl methyl sites for hydroxylation is 1. The van der Waals surface area contributed by atoms with Crippen molar-refractivity contribution in [1.82, 2.24) is 10.3 Å². The van der Waals surface area contributed by atoms with Gasteiger partial charge >= 0.3 is 0 Å². The highest BCUT2D eigenvalue weighted by Gasteiger charge is 2.11.